The Hall–Kier alpha value is -0.595. The van der Waals surface area contributed by atoms with Crippen LogP contribution in [0.15, 0.2) is 12.1 Å². The summed E-state index contributed by atoms with van der Waals surface area (Å²) in [5.41, 5.74) is 0. The van der Waals surface area contributed by atoms with Gasteiger partial charge in [-0.3, -0.25) is 4.90 Å². The third-order valence-electron chi connectivity index (χ3n) is 2.34. The van der Waals surface area contributed by atoms with E-state index in [-0.39, 0.29) is 0 Å². The number of rotatable bonds is 4. The number of morpholine rings is 1. The van der Waals surface area contributed by atoms with E-state index in [1.54, 1.807) is 6.07 Å². The lowest BCUT2D eigenvalue weighted by atomic mass is 10.3. The molecule has 5 nitrogen and oxygen atoms in total. The van der Waals surface area contributed by atoms with Gasteiger partial charge in [0.15, 0.2) is 5.06 Å². The van der Waals surface area contributed by atoms with Crippen molar-refractivity contribution in [2.75, 3.05) is 26.3 Å². The second kappa shape index (κ2) is 5.65. The molecule has 1 saturated heterocycles. The molecule has 1 aromatic rings. The molecule has 16 heavy (non-hydrogen) atoms. The molecule has 0 amide bonds. The van der Waals surface area contributed by atoms with E-state index in [0.717, 1.165) is 37.7 Å². The van der Waals surface area contributed by atoms with Gasteiger partial charge in [0.05, 0.1) is 13.2 Å². The van der Waals surface area contributed by atoms with Crippen LogP contribution in [0.4, 0.5) is 0 Å². The Balaban J connectivity index is 1.86. The Labute approximate surface area is 98.4 Å². The highest BCUT2D eigenvalue weighted by Crippen LogP contribution is 2.25. The summed E-state index contributed by atoms with van der Waals surface area (Å²) >= 11 is 1.43. The summed E-state index contributed by atoms with van der Waals surface area (Å²) in [6, 6.07) is 3.69. The van der Waals surface area contributed by atoms with E-state index in [1.165, 1.54) is 11.3 Å². The van der Waals surface area contributed by atoms with E-state index in [0.29, 0.717) is 5.06 Å². The zero-order chi connectivity index (χ0) is 11.4. The van der Waals surface area contributed by atoms with E-state index in [1.807, 2.05) is 6.07 Å². The summed E-state index contributed by atoms with van der Waals surface area (Å²) in [5.74, 6) is 0. The second-order valence-electron chi connectivity index (χ2n) is 3.55. The van der Waals surface area contributed by atoms with Crippen LogP contribution in [0.2, 0.25) is 0 Å². The zero-order valence-corrected chi connectivity index (χ0v) is 9.65. The van der Waals surface area contributed by atoms with Crippen LogP contribution in [0.25, 0.3) is 0 Å². The maximum atomic E-state index is 8.65. The average molecular weight is 243 g/mol. The molecule has 0 aromatic carbocycles. The topological polar surface area (TPSA) is 62.2 Å². The van der Waals surface area contributed by atoms with Crippen LogP contribution in [-0.2, 0) is 11.3 Å². The molecule has 1 aliphatic heterocycles. The van der Waals surface area contributed by atoms with Crippen molar-refractivity contribution in [2.45, 2.75) is 6.54 Å². The van der Waals surface area contributed by atoms with Crippen LogP contribution in [0, 0.1) is 0 Å². The summed E-state index contributed by atoms with van der Waals surface area (Å²) in [4.78, 5) is 3.45. The maximum absolute atomic E-state index is 8.65. The van der Waals surface area contributed by atoms with Crippen LogP contribution in [0.1, 0.15) is 4.88 Å². The first kappa shape index (κ1) is 11.9. The standard InChI is InChI=1S/C9H14BNO4S/c12-10(13)15-9-2-1-8(16-9)7-11-3-5-14-6-4-11/h1-2,12-13H,3-7H2. The van der Waals surface area contributed by atoms with Gasteiger partial charge in [-0.05, 0) is 12.1 Å². The molecule has 7 heteroatoms. The number of hydrogen-bond acceptors (Lipinski definition) is 6. The normalized spacial score (nSPS) is 17.4. The highest BCUT2D eigenvalue weighted by atomic mass is 32.1. The average Bonchev–Trinajstić information content (AvgIpc) is 2.66. The van der Waals surface area contributed by atoms with Crippen LogP contribution in [-0.4, -0.2) is 48.6 Å². The predicted molar refractivity (Wildman–Crippen MR) is 61.2 cm³/mol. The molecule has 0 saturated carbocycles. The van der Waals surface area contributed by atoms with E-state index >= 15 is 0 Å². The van der Waals surface area contributed by atoms with Crippen molar-refractivity contribution in [3.8, 4) is 5.06 Å². The van der Waals surface area contributed by atoms with E-state index in [9.17, 15) is 0 Å². The first-order valence-corrected chi connectivity index (χ1v) is 5.97. The Kier molecular flexibility index (Phi) is 4.19. The summed E-state index contributed by atoms with van der Waals surface area (Å²) < 4.78 is 10.0. The SMILES string of the molecule is OB(O)Oc1ccc(CN2CCOCC2)s1. The molecule has 2 rings (SSSR count). The molecule has 88 valence electrons. The van der Waals surface area contributed by atoms with Gasteiger partial charge < -0.3 is 19.4 Å². The van der Waals surface area contributed by atoms with Crippen molar-refractivity contribution in [3.63, 3.8) is 0 Å². The Morgan fingerprint density at radius 2 is 2.12 bits per heavy atom. The van der Waals surface area contributed by atoms with Crippen molar-refractivity contribution in [2.24, 2.45) is 0 Å². The number of ether oxygens (including phenoxy) is 1. The number of hydrogen-bond donors (Lipinski definition) is 2. The van der Waals surface area contributed by atoms with Crippen molar-refractivity contribution in [1.29, 1.82) is 0 Å². The lowest BCUT2D eigenvalue weighted by molar-refractivity contribution is 0.0346. The zero-order valence-electron chi connectivity index (χ0n) is 8.83. The van der Waals surface area contributed by atoms with Crippen molar-refractivity contribution < 1.29 is 19.4 Å². The number of nitrogens with zero attached hydrogens (tertiary/aromatic N) is 1. The molecular weight excluding hydrogens is 229 g/mol. The summed E-state index contributed by atoms with van der Waals surface area (Å²) in [5, 5.41) is 17.8. The van der Waals surface area contributed by atoms with Crippen LogP contribution >= 0.6 is 11.3 Å². The Morgan fingerprint density at radius 1 is 1.38 bits per heavy atom. The summed E-state index contributed by atoms with van der Waals surface area (Å²) in [7, 11) is -1.74. The molecule has 0 radical (unpaired) electrons. The molecule has 2 N–H and O–H groups in total. The van der Waals surface area contributed by atoms with Gasteiger partial charge in [0.2, 0.25) is 0 Å². The lowest BCUT2D eigenvalue weighted by Gasteiger charge is -2.25. The predicted octanol–water partition coefficient (Wildman–Crippen LogP) is -0.0714. The minimum atomic E-state index is -1.74. The third-order valence-corrected chi connectivity index (χ3v) is 3.30. The molecule has 1 fully saturated rings. The van der Waals surface area contributed by atoms with Crippen LogP contribution in [0.5, 0.6) is 5.06 Å². The van der Waals surface area contributed by atoms with Crippen LogP contribution in [0.3, 0.4) is 0 Å². The molecule has 0 atom stereocenters. The molecule has 1 aromatic heterocycles. The molecule has 1 aliphatic rings. The minimum absolute atomic E-state index is 0.526. The van der Waals surface area contributed by atoms with Crippen molar-refractivity contribution >= 4 is 18.7 Å². The number of thiophene rings is 1. The highest BCUT2D eigenvalue weighted by molar-refractivity contribution is 7.14. The van der Waals surface area contributed by atoms with E-state index in [2.05, 4.69) is 4.90 Å². The fourth-order valence-corrected chi connectivity index (χ4v) is 2.50. The first-order chi connectivity index (χ1) is 7.74. The van der Waals surface area contributed by atoms with Crippen molar-refractivity contribution in [1.82, 2.24) is 4.90 Å². The van der Waals surface area contributed by atoms with Crippen LogP contribution < -0.4 is 4.65 Å². The van der Waals surface area contributed by atoms with Gasteiger partial charge in [0, 0.05) is 24.5 Å². The highest BCUT2D eigenvalue weighted by Gasteiger charge is 2.15. The first-order valence-electron chi connectivity index (χ1n) is 5.15. The quantitative estimate of drug-likeness (QED) is 0.725. The largest absolute Gasteiger partial charge is 0.708 e. The van der Waals surface area contributed by atoms with E-state index in [4.69, 9.17) is 19.4 Å². The lowest BCUT2D eigenvalue weighted by Crippen LogP contribution is -2.35. The van der Waals surface area contributed by atoms with Gasteiger partial charge in [0.25, 0.3) is 0 Å². The monoisotopic (exact) mass is 243 g/mol. The molecular formula is C9H14BNO4S. The molecule has 0 spiro atoms. The van der Waals surface area contributed by atoms with Gasteiger partial charge in [-0.1, -0.05) is 0 Å². The molecule has 2 heterocycles. The van der Waals surface area contributed by atoms with Gasteiger partial charge >= 0.3 is 7.32 Å². The minimum Gasteiger partial charge on any atom is -0.504 e. The smallest absolute Gasteiger partial charge is 0.504 e. The maximum Gasteiger partial charge on any atom is 0.708 e. The Bertz CT molecular complexity index is 327. The van der Waals surface area contributed by atoms with Gasteiger partial charge in [-0.2, -0.15) is 0 Å². The summed E-state index contributed by atoms with van der Waals surface area (Å²) in [6.45, 7) is 4.31. The Morgan fingerprint density at radius 3 is 2.81 bits per heavy atom. The summed E-state index contributed by atoms with van der Waals surface area (Å²) in [6.07, 6.45) is 0. The molecule has 0 aliphatic carbocycles. The molecule has 0 bridgehead atoms. The van der Waals surface area contributed by atoms with Gasteiger partial charge in [-0.25, -0.2) is 0 Å². The van der Waals surface area contributed by atoms with Crippen molar-refractivity contribution in [3.05, 3.63) is 17.0 Å². The second-order valence-corrected chi connectivity index (χ2v) is 4.68. The third kappa shape index (κ3) is 3.46. The van der Waals surface area contributed by atoms with E-state index < -0.39 is 7.32 Å². The van der Waals surface area contributed by atoms with Gasteiger partial charge in [0.1, 0.15) is 0 Å². The van der Waals surface area contributed by atoms with Gasteiger partial charge in [-0.15, -0.1) is 11.3 Å². The fraction of sp³-hybridized carbons (Fsp3) is 0.556. The fourth-order valence-electron chi connectivity index (χ4n) is 1.59. The molecule has 0 unspecified atom stereocenters.